The van der Waals surface area contributed by atoms with E-state index in [9.17, 15) is 9.18 Å². The summed E-state index contributed by atoms with van der Waals surface area (Å²) < 4.78 is 26.8. The van der Waals surface area contributed by atoms with Crippen molar-refractivity contribution < 1.29 is 18.5 Å². The van der Waals surface area contributed by atoms with Crippen LogP contribution < -0.4 is 5.59 Å². The van der Waals surface area contributed by atoms with Crippen LogP contribution in [0.3, 0.4) is 0 Å². The van der Waals surface area contributed by atoms with Crippen LogP contribution in [0.1, 0.15) is 39.4 Å². The van der Waals surface area contributed by atoms with Crippen LogP contribution in [0.25, 0.3) is 10.9 Å². The van der Waals surface area contributed by atoms with Crippen LogP contribution in [0.4, 0.5) is 4.39 Å². The van der Waals surface area contributed by atoms with Crippen LogP contribution >= 0.6 is 0 Å². The van der Waals surface area contributed by atoms with Crippen molar-refractivity contribution in [1.29, 1.82) is 0 Å². The number of rotatable bonds is 1. The predicted octanol–water partition coefficient (Wildman–Crippen LogP) is 2.13. The van der Waals surface area contributed by atoms with Gasteiger partial charge in [0, 0.05) is 12.3 Å². The second-order valence-electron chi connectivity index (χ2n) is 6.57. The maximum Gasteiger partial charge on any atom is 0.517 e. The number of hydrogen-bond acceptors (Lipinski definition) is 4. The molecule has 116 valence electrons. The van der Waals surface area contributed by atoms with Crippen molar-refractivity contribution in [2.75, 3.05) is 0 Å². The molecule has 0 atom stereocenters. The molecule has 0 N–H and O–H groups in total. The first kappa shape index (κ1) is 15.2. The summed E-state index contributed by atoms with van der Waals surface area (Å²) >= 11 is 0. The van der Waals surface area contributed by atoms with Gasteiger partial charge < -0.3 is 9.31 Å². The van der Waals surface area contributed by atoms with E-state index in [0.717, 1.165) is 0 Å². The third-order valence-electron chi connectivity index (χ3n) is 4.45. The van der Waals surface area contributed by atoms with Crippen molar-refractivity contribution in [1.82, 2.24) is 9.78 Å². The Bertz CT molecular complexity index is 753. The minimum absolute atomic E-state index is 0.251. The molecule has 3 rings (SSSR count). The van der Waals surface area contributed by atoms with Gasteiger partial charge in [0.25, 0.3) is 0 Å². The highest BCUT2D eigenvalue weighted by atomic mass is 19.1. The van der Waals surface area contributed by atoms with E-state index in [0.29, 0.717) is 16.5 Å². The van der Waals surface area contributed by atoms with E-state index in [1.54, 1.807) is 0 Å². The lowest BCUT2D eigenvalue weighted by molar-refractivity contribution is 0.00578. The van der Waals surface area contributed by atoms with Gasteiger partial charge in [-0.05, 0) is 45.9 Å². The van der Waals surface area contributed by atoms with Gasteiger partial charge in [-0.3, -0.25) is 4.79 Å². The molecule has 2 heterocycles. The average molecular weight is 304 g/mol. The quantitative estimate of drug-likeness (QED) is 0.757. The lowest BCUT2D eigenvalue weighted by Gasteiger charge is -2.32. The van der Waals surface area contributed by atoms with Crippen LogP contribution in [-0.4, -0.2) is 34.0 Å². The highest BCUT2D eigenvalue weighted by Gasteiger charge is 2.53. The van der Waals surface area contributed by atoms with Crippen LogP contribution in [0, 0.1) is 5.82 Å². The van der Waals surface area contributed by atoms with Crippen molar-refractivity contribution in [3.8, 4) is 0 Å². The number of carbonyl (C=O) groups excluding carboxylic acids is 1. The molecule has 0 unspecified atom stereocenters. The molecule has 0 bridgehead atoms. The van der Waals surface area contributed by atoms with E-state index in [-0.39, 0.29) is 5.91 Å². The normalized spacial score (nSPS) is 19.8. The molecule has 1 aliphatic rings. The molecule has 1 aromatic heterocycles. The number of nitrogens with zero attached hydrogens (tertiary/aromatic N) is 2. The zero-order valence-corrected chi connectivity index (χ0v) is 13.3. The van der Waals surface area contributed by atoms with Crippen LogP contribution in [0.2, 0.25) is 0 Å². The molecule has 5 nitrogen and oxygen atoms in total. The van der Waals surface area contributed by atoms with Gasteiger partial charge in [-0.25, -0.2) is 9.07 Å². The third kappa shape index (κ3) is 2.16. The van der Waals surface area contributed by atoms with Gasteiger partial charge in [-0.1, -0.05) is 0 Å². The van der Waals surface area contributed by atoms with Gasteiger partial charge >= 0.3 is 7.12 Å². The summed E-state index contributed by atoms with van der Waals surface area (Å²) in [4.78, 5) is 11.8. The summed E-state index contributed by atoms with van der Waals surface area (Å²) in [6.45, 7) is 9.12. The highest BCUT2D eigenvalue weighted by Crippen LogP contribution is 2.36. The molecule has 1 fully saturated rings. The van der Waals surface area contributed by atoms with Crippen LogP contribution in [-0.2, 0) is 9.31 Å². The molecule has 0 spiro atoms. The number of aromatic nitrogens is 2. The predicted molar refractivity (Wildman–Crippen MR) is 81.7 cm³/mol. The maximum atomic E-state index is 13.6. The van der Waals surface area contributed by atoms with Gasteiger partial charge in [0.1, 0.15) is 11.4 Å². The second kappa shape index (κ2) is 4.63. The molecule has 2 aromatic rings. The monoisotopic (exact) mass is 304 g/mol. The first-order chi connectivity index (χ1) is 10.1. The van der Waals surface area contributed by atoms with Crippen LogP contribution in [0.15, 0.2) is 18.2 Å². The van der Waals surface area contributed by atoms with E-state index < -0.39 is 24.1 Å². The first-order valence-electron chi connectivity index (χ1n) is 7.17. The smallest absolute Gasteiger partial charge is 0.398 e. The molecule has 1 saturated heterocycles. The van der Waals surface area contributed by atoms with Crippen molar-refractivity contribution >= 4 is 29.5 Å². The van der Waals surface area contributed by atoms with E-state index in [2.05, 4.69) is 5.10 Å². The fourth-order valence-electron chi connectivity index (χ4n) is 2.48. The van der Waals surface area contributed by atoms with Crippen molar-refractivity contribution in [2.45, 2.75) is 45.8 Å². The van der Waals surface area contributed by atoms with Crippen molar-refractivity contribution in [3.05, 3.63) is 24.0 Å². The fourth-order valence-corrected chi connectivity index (χ4v) is 2.48. The first-order valence-corrected chi connectivity index (χ1v) is 7.17. The molecular weight excluding hydrogens is 286 g/mol. The Kier molecular flexibility index (Phi) is 3.20. The number of fused-ring (bicyclic) bond motifs is 1. The lowest BCUT2D eigenvalue weighted by atomic mass is 9.82. The topological polar surface area (TPSA) is 53.4 Å². The van der Waals surface area contributed by atoms with Crippen molar-refractivity contribution in [3.63, 3.8) is 0 Å². The Morgan fingerprint density at radius 3 is 2.36 bits per heavy atom. The molecule has 0 aliphatic carbocycles. The molecule has 7 heteroatoms. The summed E-state index contributed by atoms with van der Waals surface area (Å²) in [5.41, 5.74) is -0.101. The zero-order valence-electron chi connectivity index (χ0n) is 13.3. The number of halogens is 1. The minimum atomic E-state index is -0.741. The van der Waals surface area contributed by atoms with E-state index >= 15 is 0 Å². The maximum absolute atomic E-state index is 13.6. The van der Waals surface area contributed by atoms with Gasteiger partial charge in [0.2, 0.25) is 5.91 Å². The Hall–Kier alpha value is -1.73. The molecule has 22 heavy (non-hydrogen) atoms. The molecule has 0 radical (unpaired) electrons. The lowest BCUT2D eigenvalue weighted by Crippen LogP contribution is -2.41. The summed E-state index contributed by atoms with van der Waals surface area (Å²) in [7, 11) is -0.741. The highest BCUT2D eigenvalue weighted by molar-refractivity contribution is 6.64. The molecule has 1 aromatic carbocycles. The van der Waals surface area contributed by atoms with Crippen LogP contribution in [0.5, 0.6) is 0 Å². The standard InChI is InChI=1S/C15H18BFN2O3/c1-9(20)19-12-7-6-10(17)8-11(12)13(18-19)16-21-14(2,3)15(4,5)22-16/h6-8H,1-5H3. The summed E-state index contributed by atoms with van der Waals surface area (Å²) in [5.74, 6) is -0.646. The Morgan fingerprint density at radius 1 is 1.23 bits per heavy atom. The number of hydrogen-bond donors (Lipinski definition) is 0. The van der Waals surface area contributed by atoms with Crippen molar-refractivity contribution in [2.24, 2.45) is 0 Å². The summed E-state index contributed by atoms with van der Waals surface area (Å²) in [6, 6.07) is 4.19. The SMILES string of the molecule is CC(=O)n1nc(B2OC(C)(C)C(C)(C)O2)c2cc(F)ccc21. The summed E-state index contributed by atoms with van der Waals surface area (Å²) in [5, 5.41) is 4.82. The second-order valence-corrected chi connectivity index (χ2v) is 6.57. The third-order valence-corrected chi connectivity index (χ3v) is 4.45. The molecule has 1 aliphatic heterocycles. The Morgan fingerprint density at radius 2 is 1.82 bits per heavy atom. The Labute approximate surface area is 128 Å². The summed E-state index contributed by atoms with van der Waals surface area (Å²) in [6.07, 6.45) is 0. The van der Waals surface area contributed by atoms with Gasteiger partial charge in [0.15, 0.2) is 0 Å². The number of benzene rings is 1. The zero-order chi connectivity index (χ0) is 16.3. The van der Waals surface area contributed by atoms with Gasteiger partial charge in [0.05, 0.1) is 16.7 Å². The van der Waals surface area contributed by atoms with Gasteiger partial charge in [-0.2, -0.15) is 5.10 Å². The fraction of sp³-hybridized carbons (Fsp3) is 0.467. The van der Waals surface area contributed by atoms with E-state index in [4.69, 9.17) is 9.31 Å². The van der Waals surface area contributed by atoms with Gasteiger partial charge in [-0.15, -0.1) is 0 Å². The Balaban J connectivity index is 2.16. The average Bonchev–Trinajstić information content (AvgIpc) is 2.84. The molecule has 0 saturated carbocycles. The molecule has 0 amide bonds. The minimum Gasteiger partial charge on any atom is -0.398 e. The van der Waals surface area contributed by atoms with E-state index in [1.807, 2.05) is 27.7 Å². The number of carbonyl (C=O) groups is 1. The van der Waals surface area contributed by atoms with E-state index in [1.165, 1.54) is 29.8 Å². The largest absolute Gasteiger partial charge is 0.517 e. The molecular formula is C15H18BFN2O3.